The first-order valence-electron chi connectivity index (χ1n) is 9.79. The van der Waals surface area contributed by atoms with E-state index in [-0.39, 0.29) is 17.9 Å². The Morgan fingerprint density at radius 2 is 2.14 bits per heavy atom. The Bertz CT molecular complexity index is 879. The molecule has 1 aromatic carbocycles. The maximum Gasteiger partial charge on any atom is 0.251 e. The number of nitrogens with zero attached hydrogens (tertiary/aromatic N) is 3. The van der Waals surface area contributed by atoms with Gasteiger partial charge in [-0.2, -0.15) is 5.10 Å². The zero-order valence-corrected chi connectivity index (χ0v) is 16.1. The van der Waals surface area contributed by atoms with E-state index in [0.717, 1.165) is 23.7 Å². The quantitative estimate of drug-likeness (QED) is 0.831. The highest BCUT2D eigenvalue weighted by atomic mass is 16.5. The van der Waals surface area contributed by atoms with E-state index in [2.05, 4.69) is 10.4 Å². The molecule has 0 aliphatic carbocycles. The Balaban J connectivity index is 1.44. The summed E-state index contributed by atoms with van der Waals surface area (Å²) in [6.45, 7) is 3.51. The SMILES string of the molecule is CC(=O)Nc1ccc2cnn(CC3(O)CCN(C(=O)[C@@H]4CCCO4)CC3)c2c1. The second-order valence-corrected chi connectivity index (χ2v) is 7.81. The molecule has 8 nitrogen and oxygen atoms in total. The molecule has 0 bridgehead atoms. The monoisotopic (exact) mass is 386 g/mol. The van der Waals surface area contributed by atoms with Crippen molar-refractivity contribution in [2.75, 3.05) is 25.0 Å². The molecule has 4 rings (SSSR count). The summed E-state index contributed by atoms with van der Waals surface area (Å²) in [6, 6.07) is 5.60. The van der Waals surface area contributed by atoms with Crippen LogP contribution in [0.4, 0.5) is 5.69 Å². The van der Waals surface area contributed by atoms with Gasteiger partial charge in [-0.25, -0.2) is 0 Å². The molecule has 2 fully saturated rings. The highest BCUT2D eigenvalue weighted by Gasteiger charge is 2.37. The lowest BCUT2D eigenvalue weighted by molar-refractivity contribution is -0.145. The molecule has 2 amide bonds. The number of ether oxygens (including phenoxy) is 1. The van der Waals surface area contributed by atoms with Crippen molar-refractivity contribution < 1.29 is 19.4 Å². The van der Waals surface area contributed by atoms with E-state index < -0.39 is 5.60 Å². The lowest BCUT2D eigenvalue weighted by atomic mass is 9.91. The van der Waals surface area contributed by atoms with Gasteiger partial charge in [-0.1, -0.05) is 0 Å². The van der Waals surface area contributed by atoms with Crippen molar-refractivity contribution in [3.8, 4) is 0 Å². The van der Waals surface area contributed by atoms with Gasteiger partial charge >= 0.3 is 0 Å². The number of likely N-dealkylation sites (tertiary alicyclic amines) is 1. The van der Waals surface area contributed by atoms with Crippen molar-refractivity contribution in [3.05, 3.63) is 24.4 Å². The van der Waals surface area contributed by atoms with Gasteiger partial charge in [0.25, 0.3) is 5.91 Å². The second kappa shape index (κ2) is 7.52. The number of amides is 2. The summed E-state index contributed by atoms with van der Waals surface area (Å²) in [5, 5.41) is 19.2. The van der Waals surface area contributed by atoms with Crippen LogP contribution in [0, 0.1) is 0 Å². The average molecular weight is 386 g/mol. The van der Waals surface area contributed by atoms with E-state index in [1.807, 2.05) is 18.2 Å². The minimum Gasteiger partial charge on any atom is -0.388 e. The first kappa shape index (κ1) is 18.9. The number of rotatable bonds is 4. The van der Waals surface area contributed by atoms with Crippen LogP contribution in [0.1, 0.15) is 32.6 Å². The van der Waals surface area contributed by atoms with E-state index in [0.29, 0.717) is 44.8 Å². The summed E-state index contributed by atoms with van der Waals surface area (Å²) < 4.78 is 7.27. The molecule has 2 aliphatic heterocycles. The number of fused-ring (bicyclic) bond motifs is 1. The number of nitrogens with one attached hydrogen (secondary N) is 1. The number of anilines is 1. The maximum absolute atomic E-state index is 12.5. The van der Waals surface area contributed by atoms with Crippen molar-refractivity contribution in [1.82, 2.24) is 14.7 Å². The molecule has 0 unspecified atom stereocenters. The van der Waals surface area contributed by atoms with Gasteiger partial charge in [-0.15, -0.1) is 0 Å². The predicted octanol–water partition coefficient (Wildman–Crippen LogP) is 1.53. The van der Waals surface area contributed by atoms with Gasteiger partial charge in [0, 0.05) is 37.7 Å². The van der Waals surface area contributed by atoms with Gasteiger partial charge in [-0.05, 0) is 43.9 Å². The van der Waals surface area contributed by atoms with Crippen LogP contribution in [0.5, 0.6) is 0 Å². The van der Waals surface area contributed by atoms with Crippen molar-refractivity contribution in [2.45, 2.75) is 50.9 Å². The molecule has 0 saturated carbocycles. The van der Waals surface area contributed by atoms with Crippen molar-refractivity contribution in [2.24, 2.45) is 0 Å². The third-order valence-electron chi connectivity index (χ3n) is 5.62. The molecule has 2 saturated heterocycles. The summed E-state index contributed by atoms with van der Waals surface area (Å²) in [5.41, 5.74) is 0.638. The Morgan fingerprint density at radius 1 is 1.36 bits per heavy atom. The first-order valence-corrected chi connectivity index (χ1v) is 9.79. The molecule has 150 valence electrons. The predicted molar refractivity (Wildman–Crippen MR) is 104 cm³/mol. The van der Waals surface area contributed by atoms with Gasteiger partial charge in [0.1, 0.15) is 6.10 Å². The Hall–Kier alpha value is -2.45. The summed E-state index contributed by atoms with van der Waals surface area (Å²) in [6.07, 6.45) is 4.16. The van der Waals surface area contributed by atoms with Crippen molar-refractivity contribution >= 4 is 28.4 Å². The van der Waals surface area contributed by atoms with Crippen LogP contribution in [0.15, 0.2) is 24.4 Å². The molecular formula is C20H26N4O4. The standard InChI is InChI=1S/C20H26N4O4/c1-14(25)22-16-5-4-15-12-21-24(17(15)11-16)13-20(27)6-8-23(9-7-20)19(26)18-3-2-10-28-18/h4-5,11-12,18,27H,2-3,6-10,13H2,1H3,(H,22,25)/t18-/m0/s1. The van der Waals surface area contributed by atoms with E-state index in [1.165, 1.54) is 6.92 Å². The number of hydrogen-bond acceptors (Lipinski definition) is 5. The number of aromatic nitrogens is 2. The Morgan fingerprint density at radius 3 is 2.82 bits per heavy atom. The van der Waals surface area contributed by atoms with Gasteiger partial charge in [-0.3, -0.25) is 14.3 Å². The molecule has 3 heterocycles. The third-order valence-corrected chi connectivity index (χ3v) is 5.62. The minimum atomic E-state index is -0.920. The molecule has 2 aromatic rings. The van der Waals surface area contributed by atoms with Gasteiger partial charge in [0.15, 0.2) is 0 Å². The summed E-state index contributed by atoms with van der Waals surface area (Å²) >= 11 is 0. The van der Waals surface area contributed by atoms with E-state index in [1.54, 1.807) is 15.8 Å². The molecule has 2 N–H and O–H groups in total. The normalized spacial score (nSPS) is 21.8. The van der Waals surface area contributed by atoms with Crippen LogP contribution in [0.2, 0.25) is 0 Å². The van der Waals surface area contributed by atoms with Crippen LogP contribution in [-0.2, 0) is 20.9 Å². The molecule has 1 atom stereocenters. The third kappa shape index (κ3) is 3.88. The average Bonchev–Trinajstić information content (AvgIpc) is 3.32. The summed E-state index contributed by atoms with van der Waals surface area (Å²) in [7, 11) is 0. The van der Waals surface area contributed by atoms with E-state index in [4.69, 9.17) is 4.74 Å². The number of carbonyl (C=O) groups is 2. The summed E-state index contributed by atoms with van der Waals surface area (Å²) in [4.78, 5) is 25.6. The minimum absolute atomic E-state index is 0.0454. The van der Waals surface area contributed by atoms with Crippen LogP contribution >= 0.6 is 0 Å². The van der Waals surface area contributed by atoms with Crippen molar-refractivity contribution in [1.29, 1.82) is 0 Å². The first-order chi connectivity index (χ1) is 13.4. The zero-order chi connectivity index (χ0) is 19.7. The van der Waals surface area contributed by atoms with Crippen molar-refractivity contribution in [3.63, 3.8) is 0 Å². The van der Waals surface area contributed by atoms with E-state index in [9.17, 15) is 14.7 Å². The fraction of sp³-hybridized carbons (Fsp3) is 0.550. The zero-order valence-electron chi connectivity index (χ0n) is 16.1. The largest absolute Gasteiger partial charge is 0.388 e. The molecule has 0 spiro atoms. The molecule has 8 heteroatoms. The van der Waals surface area contributed by atoms with Crippen LogP contribution in [0.25, 0.3) is 10.9 Å². The second-order valence-electron chi connectivity index (χ2n) is 7.81. The molecule has 1 aromatic heterocycles. The highest BCUT2D eigenvalue weighted by molar-refractivity contribution is 5.92. The lowest BCUT2D eigenvalue weighted by Gasteiger charge is -2.39. The maximum atomic E-state index is 12.5. The Labute approximate surface area is 163 Å². The van der Waals surface area contributed by atoms with Gasteiger partial charge in [0.05, 0.1) is 23.9 Å². The summed E-state index contributed by atoms with van der Waals surface area (Å²) in [5.74, 6) is -0.0867. The smallest absolute Gasteiger partial charge is 0.251 e. The fourth-order valence-electron chi connectivity index (χ4n) is 4.03. The molecular weight excluding hydrogens is 360 g/mol. The number of piperidine rings is 1. The van der Waals surface area contributed by atoms with Crippen LogP contribution < -0.4 is 5.32 Å². The van der Waals surface area contributed by atoms with Crippen LogP contribution in [-0.4, -0.2) is 63.0 Å². The van der Waals surface area contributed by atoms with Gasteiger partial charge < -0.3 is 20.1 Å². The fourth-order valence-corrected chi connectivity index (χ4v) is 4.03. The lowest BCUT2D eigenvalue weighted by Crippen LogP contribution is -2.51. The van der Waals surface area contributed by atoms with Crippen LogP contribution in [0.3, 0.4) is 0 Å². The number of carbonyl (C=O) groups excluding carboxylic acids is 2. The molecule has 2 aliphatic rings. The number of aliphatic hydroxyl groups is 1. The van der Waals surface area contributed by atoms with Gasteiger partial charge in [0.2, 0.25) is 5.91 Å². The number of hydrogen-bond donors (Lipinski definition) is 2. The number of benzene rings is 1. The Kier molecular flexibility index (Phi) is 5.07. The van der Waals surface area contributed by atoms with E-state index >= 15 is 0 Å². The molecule has 0 radical (unpaired) electrons. The topological polar surface area (TPSA) is 96.7 Å². The molecule has 28 heavy (non-hydrogen) atoms. The highest BCUT2D eigenvalue weighted by Crippen LogP contribution is 2.28.